The standard InChI is InChI=1S/C21H23F3N4O4S/c1-2-3-17-13-27(33(31,32)18-8-9-19(25)26-12-18)10-11-28(17)16-6-4-15(5-7-16)20(30,14-29)21(22,23)24/h4-9,12,17,29-30H,10-11,13-14H2,1H3,(H2,25,26)/t17-,20?/m1/s1. The molecule has 8 nitrogen and oxygen atoms in total. The van der Waals surface area contributed by atoms with Crippen molar-refractivity contribution in [3.8, 4) is 11.8 Å². The van der Waals surface area contributed by atoms with Crippen molar-refractivity contribution in [2.24, 2.45) is 0 Å². The first-order valence-corrected chi connectivity index (χ1v) is 11.3. The number of halogens is 3. The third-order valence-electron chi connectivity index (χ3n) is 5.43. The molecule has 12 heteroatoms. The van der Waals surface area contributed by atoms with Crippen molar-refractivity contribution < 1.29 is 31.8 Å². The van der Waals surface area contributed by atoms with Gasteiger partial charge in [0.15, 0.2) is 0 Å². The zero-order valence-electron chi connectivity index (χ0n) is 17.6. The second-order valence-corrected chi connectivity index (χ2v) is 9.39. The maximum Gasteiger partial charge on any atom is 0.423 e. The van der Waals surface area contributed by atoms with Crippen LogP contribution in [0.3, 0.4) is 0 Å². The zero-order chi connectivity index (χ0) is 24.4. The largest absolute Gasteiger partial charge is 0.423 e. The molecule has 1 aliphatic rings. The molecule has 1 aliphatic heterocycles. The molecule has 0 bridgehead atoms. The van der Waals surface area contributed by atoms with Crippen LogP contribution in [0, 0.1) is 11.8 Å². The number of aromatic nitrogens is 1. The summed E-state index contributed by atoms with van der Waals surface area (Å²) in [5.41, 5.74) is 2.14. The van der Waals surface area contributed by atoms with Gasteiger partial charge in [0.2, 0.25) is 15.6 Å². The van der Waals surface area contributed by atoms with Crippen molar-refractivity contribution >= 4 is 21.5 Å². The van der Waals surface area contributed by atoms with Crippen molar-refractivity contribution in [3.05, 3.63) is 48.2 Å². The van der Waals surface area contributed by atoms with Gasteiger partial charge in [-0.1, -0.05) is 18.1 Å². The zero-order valence-corrected chi connectivity index (χ0v) is 18.4. The Kier molecular flexibility index (Phi) is 6.90. The molecule has 3 rings (SSSR count). The first-order valence-electron chi connectivity index (χ1n) is 9.85. The lowest BCUT2D eigenvalue weighted by atomic mass is 9.93. The molecule has 0 spiro atoms. The van der Waals surface area contributed by atoms with Crippen LogP contribution in [-0.2, 0) is 15.6 Å². The molecule has 4 N–H and O–H groups in total. The number of nitrogen functional groups attached to an aromatic ring is 1. The van der Waals surface area contributed by atoms with E-state index < -0.39 is 40.0 Å². The van der Waals surface area contributed by atoms with Gasteiger partial charge in [-0.15, -0.1) is 5.92 Å². The lowest BCUT2D eigenvalue weighted by Gasteiger charge is -2.40. The Hall–Kier alpha value is -2.85. The maximum absolute atomic E-state index is 13.2. The van der Waals surface area contributed by atoms with Gasteiger partial charge >= 0.3 is 6.18 Å². The molecule has 2 heterocycles. The average molecular weight is 485 g/mol. The Morgan fingerprint density at radius 2 is 1.85 bits per heavy atom. The highest BCUT2D eigenvalue weighted by Crippen LogP contribution is 2.39. The first-order chi connectivity index (χ1) is 15.4. The minimum Gasteiger partial charge on any atom is -0.393 e. The molecule has 1 aromatic carbocycles. The summed E-state index contributed by atoms with van der Waals surface area (Å²) in [7, 11) is -3.85. The van der Waals surface area contributed by atoms with Gasteiger partial charge in [-0.25, -0.2) is 13.4 Å². The number of rotatable bonds is 5. The number of anilines is 2. The van der Waals surface area contributed by atoms with Gasteiger partial charge in [0.1, 0.15) is 16.8 Å². The van der Waals surface area contributed by atoms with E-state index in [4.69, 9.17) is 10.8 Å². The van der Waals surface area contributed by atoms with E-state index in [2.05, 4.69) is 16.8 Å². The molecule has 2 aromatic rings. The van der Waals surface area contributed by atoms with Gasteiger partial charge < -0.3 is 20.8 Å². The number of nitrogens with two attached hydrogens (primary N) is 1. The van der Waals surface area contributed by atoms with Gasteiger partial charge in [-0.05, 0) is 36.8 Å². The van der Waals surface area contributed by atoms with E-state index >= 15 is 0 Å². The van der Waals surface area contributed by atoms with Crippen LogP contribution in [0.1, 0.15) is 12.5 Å². The lowest BCUT2D eigenvalue weighted by molar-refractivity contribution is -0.277. The number of pyridine rings is 1. The van der Waals surface area contributed by atoms with Crippen LogP contribution >= 0.6 is 0 Å². The highest BCUT2D eigenvalue weighted by atomic mass is 32.2. The molecule has 1 unspecified atom stereocenters. The van der Waals surface area contributed by atoms with Crippen LogP contribution < -0.4 is 10.6 Å². The topological polar surface area (TPSA) is 120 Å². The summed E-state index contributed by atoms with van der Waals surface area (Å²) in [5.74, 6) is 5.89. The van der Waals surface area contributed by atoms with Crippen molar-refractivity contribution in [2.75, 3.05) is 36.9 Å². The number of nitrogens with zero attached hydrogens (tertiary/aromatic N) is 3. The molecule has 1 fully saturated rings. The third-order valence-corrected chi connectivity index (χ3v) is 7.27. The molecular weight excluding hydrogens is 461 g/mol. The van der Waals surface area contributed by atoms with E-state index in [1.54, 1.807) is 11.8 Å². The molecule has 0 saturated carbocycles. The summed E-state index contributed by atoms with van der Waals surface area (Å²) >= 11 is 0. The Balaban J connectivity index is 1.86. The number of benzene rings is 1. The second-order valence-electron chi connectivity index (χ2n) is 7.45. The number of hydrogen-bond donors (Lipinski definition) is 3. The predicted molar refractivity (Wildman–Crippen MR) is 115 cm³/mol. The number of hydrogen-bond acceptors (Lipinski definition) is 7. The van der Waals surface area contributed by atoms with Crippen molar-refractivity contribution in [3.63, 3.8) is 0 Å². The van der Waals surface area contributed by atoms with E-state index in [0.717, 1.165) is 12.1 Å². The molecule has 178 valence electrons. The molecule has 0 aliphatic carbocycles. The minimum atomic E-state index is -5.06. The maximum atomic E-state index is 13.2. The van der Waals surface area contributed by atoms with Crippen LogP contribution in [0.15, 0.2) is 47.5 Å². The van der Waals surface area contributed by atoms with Crippen LogP contribution in [-0.4, -0.2) is 66.4 Å². The summed E-state index contributed by atoms with van der Waals surface area (Å²) in [4.78, 5) is 5.60. The SMILES string of the molecule is CC#C[C@@H]1CN(S(=O)(=O)c2ccc(N)nc2)CCN1c1ccc(C(O)(CO)C(F)(F)F)cc1. The Labute approximate surface area is 189 Å². The minimum absolute atomic E-state index is 0.00634. The average Bonchev–Trinajstić information content (AvgIpc) is 2.78. The highest BCUT2D eigenvalue weighted by molar-refractivity contribution is 7.89. The van der Waals surface area contributed by atoms with E-state index in [0.29, 0.717) is 5.69 Å². The van der Waals surface area contributed by atoms with Crippen molar-refractivity contribution in [2.45, 2.75) is 29.6 Å². The summed E-state index contributed by atoms with van der Waals surface area (Å²) < 4.78 is 66.9. The van der Waals surface area contributed by atoms with Crippen molar-refractivity contribution in [1.29, 1.82) is 0 Å². The van der Waals surface area contributed by atoms with Gasteiger partial charge in [0.25, 0.3) is 0 Å². The first kappa shape index (κ1) is 24.8. The molecule has 0 amide bonds. The third kappa shape index (κ3) is 4.77. The van der Waals surface area contributed by atoms with Crippen LogP contribution in [0.2, 0.25) is 0 Å². The molecule has 33 heavy (non-hydrogen) atoms. The predicted octanol–water partition coefficient (Wildman–Crippen LogP) is 1.31. The summed E-state index contributed by atoms with van der Waals surface area (Å²) in [6.07, 6.45) is -3.88. The number of alkyl halides is 3. The summed E-state index contributed by atoms with van der Waals surface area (Å²) in [6.45, 7) is 0.446. The van der Waals surface area contributed by atoms with E-state index in [1.165, 1.54) is 34.8 Å². The van der Waals surface area contributed by atoms with E-state index in [-0.39, 0.29) is 30.3 Å². The van der Waals surface area contributed by atoms with Gasteiger partial charge in [-0.3, -0.25) is 0 Å². The Morgan fingerprint density at radius 3 is 2.36 bits per heavy atom. The summed E-state index contributed by atoms with van der Waals surface area (Å²) in [6, 6.07) is 7.11. The quantitative estimate of drug-likeness (QED) is 0.548. The highest BCUT2D eigenvalue weighted by Gasteiger charge is 2.54. The second kappa shape index (κ2) is 9.18. The van der Waals surface area contributed by atoms with E-state index in [1.807, 2.05) is 0 Å². The normalized spacial score (nSPS) is 19.5. The summed E-state index contributed by atoms with van der Waals surface area (Å²) in [5, 5.41) is 19.1. The number of aliphatic hydroxyl groups excluding tert-OH is 1. The van der Waals surface area contributed by atoms with Crippen molar-refractivity contribution in [1.82, 2.24) is 9.29 Å². The van der Waals surface area contributed by atoms with Crippen LogP contribution in [0.5, 0.6) is 0 Å². The molecule has 0 radical (unpaired) electrons. The fourth-order valence-electron chi connectivity index (χ4n) is 3.54. The molecule has 2 atom stereocenters. The van der Waals surface area contributed by atoms with Crippen LogP contribution in [0.25, 0.3) is 0 Å². The number of sulfonamides is 1. The Bertz CT molecular complexity index is 1150. The molecular formula is C21H23F3N4O4S. The van der Waals surface area contributed by atoms with Gasteiger partial charge in [-0.2, -0.15) is 17.5 Å². The number of aliphatic hydroxyl groups is 2. The van der Waals surface area contributed by atoms with Crippen LogP contribution in [0.4, 0.5) is 24.7 Å². The molecule has 1 saturated heterocycles. The fourth-order valence-corrected chi connectivity index (χ4v) is 4.93. The monoisotopic (exact) mass is 484 g/mol. The van der Waals surface area contributed by atoms with Gasteiger partial charge in [0, 0.05) is 31.5 Å². The lowest BCUT2D eigenvalue weighted by Crippen LogP contribution is -2.54. The molecule has 1 aromatic heterocycles. The fraction of sp³-hybridized carbons (Fsp3) is 0.381. The smallest absolute Gasteiger partial charge is 0.393 e. The Morgan fingerprint density at radius 1 is 1.18 bits per heavy atom. The number of piperazine rings is 1. The van der Waals surface area contributed by atoms with Gasteiger partial charge in [0.05, 0.1) is 6.61 Å². The van der Waals surface area contributed by atoms with E-state index in [9.17, 15) is 26.7 Å².